The zero-order valence-corrected chi connectivity index (χ0v) is 17.2. The molecule has 1 N–H and O–H groups in total. The molecule has 0 unspecified atom stereocenters. The van der Waals surface area contributed by atoms with E-state index in [9.17, 15) is 8.42 Å². The normalized spacial score (nSPS) is 11.7. The van der Waals surface area contributed by atoms with E-state index in [-0.39, 0.29) is 19.0 Å². The number of rotatable bonds is 17. The van der Waals surface area contributed by atoms with Crippen molar-refractivity contribution in [1.82, 2.24) is 4.90 Å². The van der Waals surface area contributed by atoms with Gasteiger partial charge in [0.1, 0.15) is 0 Å². The maximum Gasteiger partial charge on any atom is 0.397 e. The molecule has 0 aromatic heterocycles. The van der Waals surface area contributed by atoms with Crippen LogP contribution in [0.3, 0.4) is 0 Å². The average Bonchev–Trinajstić information content (AvgIpc) is 2.45. The van der Waals surface area contributed by atoms with Gasteiger partial charge in [0, 0.05) is 0 Å². The van der Waals surface area contributed by atoms with Crippen LogP contribution in [0.1, 0.15) is 83.5 Å². The van der Waals surface area contributed by atoms with Crippen molar-refractivity contribution in [2.75, 3.05) is 27.2 Å². The SMILES string of the molecule is CN(C)CCCCCCCCCCCCCCCOS(=O)(=O)O.Cl. The smallest absolute Gasteiger partial charge is 0.309 e. The molecule has 148 valence electrons. The van der Waals surface area contributed by atoms with Gasteiger partial charge in [0.15, 0.2) is 0 Å². The summed E-state index contributed by atoms with van der Waals surface area (Å²) in [4.78, 5) is 2.25. The maximum atomic E-state index is 10.3. The lowest BCUT2D eigenvalue weighted by Gasteiger charge is -2.08. The second-order valence-electron chi connectivity index (χ2n) is 6.65. The van der Waals surface area contributed by atoms with Gasteiger partial charge in [-0.15, -0.1) is 12.4 Å². The molecule has 0 aliphatic heterocycles. The molecule has 0 aromatic rings. The van der Waals surface area contributed by atoms with E-state index in [0.29, 0.717) is 6.42 Å². The third kappa shape index (κ3) is 24.4. The Morgan fingerprint density at radius 2 is 1.04 bits per heavy atom. The minimum atomic E-state index is -4.25. The van der Waals surface area contributed by atoms with E-state index in [2.05, 4.69) is 23.2 Å². The quantitative estimate of drug-likeness (QED) is 0.285. The van der Waals surface area contributed by atoms with E-state index >= 15 is 0 Å². The first-order chi connectivity index (χ1) is 10.9. The summed E-state index contributed by atoms with van der Waals surface area (Å²) in [7, 11) is 0.0165. The van der Waals surface area contributed by atoms with Crippen molar-refractivity contribution in [3.63, 3.8) is 0 Å². The molecule has 0 saturated carbocycles. The molecule has 0 radical (unpaired) electrons. The van der Waals surface area contributed by atoms with Crippen LogP contribution < -0.4 is 0 Å². The number of nitrogens with zero attached hydrogens (tertiary/aromatic N) is 1. The summed E-state index contributed by atoms with van der Waals surface area (Å²) in [5.74, 6) is 0. The molecule has 0 aromatic carbocycles. The van der Waals surface area contributed by atoms with Crippen LogP contribution in [0.25, 0.3) is 0 Å². The van der Waals surface area contributed by atoms with Gasteiger partial charge < -0.3 is 4.90 Å². The molecule has 0 saturated heterocycles. The molecule has 24 heavy (non-hydrogen) atoms. The largest absolute Gasteiger partial charge is 0.397 e. The van der Waals surface area contributed by atoms with Crippen molar-refractivity contribution in [3.05, 3.63) is 0 Å². The van der Waals surface area contributed by atoms with Crippen molar-refractivity contribution >= 4 is 22.8 Å². The monoisotopic (exact) mass is 387 g/mol. The number of halogens is 1. The van der Waals surface area contributed by atoms with E-state index in [4.69, 9.17) is 4.55 Å². The highest BCUT2D eigenvalue weighted by atomic mass is 35.5. The topological polar surface area (TPSA) is 66.8 Å². The Bertz CT molecular complexity index is 350. The molecule has 0 aliphatic rings. The van der Waals surface area contributed by atoms with Crippen molar-refractivity contribution in [3.8, 4) is 0 Å². The van der Waals surface area contributed by atoms with E-state index < -0.39 is 10.4 Å². The van der Waals surface area contributed by atoms with Gasteiger partial charge in [0.05, 0.1) is 6.61 Å². The van der Waals surface area contributed by atoms with Gasteiger partial charge in [0.2, 0.25) is 0 Å². The van der Waals surface area contributed by atoms with Crippen LogP contribution in [0.5, 0.6) is 0 Å². The van der Waals surface area contributed by atoms with Gasteiger partial charge in [-0.3, -0.25) is 4.55 Å². The predicted octanol–water partition coefficient (Wildman–Crippen LogP) is 4.86. The molecule has 0 fully saturated rings. The van der Waals surface area contributed by atoms with E-state index in [0.717, 1.165) is 12.8 Å². The highest BCUT2D eigenvalue weighted by molar-refractivity contribution is 7.80. The molecule has 0 aliphatic carbocycles. The van der Waals surface area contributed by atoms with Crippen LogP contribution in [0.15, 0.2) is 0 Å². The van der Waals surface area contributed by atoms with E-state index in [1.807, 2.05) is 0 Å². The fourth-order valence-electron chi connectivity index (χ4n) is 2.64. The first-order valence-corrected chi connectivity index (χ1v) is 10.5. The molecule has 0 spiro atoms. The highest BCUT2D eigenvalue weighted by Crippen LogP contribution is 2.12. The number of hydrogen-bond donors (Lipinski definition) is 1. The van der Waals surface area contributed by atoms with Crippen LogP contribution in [0.4, 0.5) is 0 Å². The molecule has 0 bridgehead atoms. The summed E-state index contributed by atoms with van der Waals surface area (Å²) in [5.41, 5.74) is 0. The molecule has 7 heteroatoms. The van der Waals surface area contributed by atoms with Crippen LogP contribution >= 0.6 is 12.4 Å². The van der Waals surface area contributed by atoms with Gasteiger partial charge in [-0.2, -0.15) is 8.42 Å². The van der Waals surface area contributed by atoms with Gasteiger partial charge in [0.25, 0.3) is 0 Å². The van der Waals surface area contributed by atoms with Crippen LogP contribution in [-0.4, -0.2) is 45.1 Å². The Hall–Kier alpha value is 0.120. The Labute approximate surface area is 155 Å². The van der Waals surface area contributed by atoms with Gasteiger partial charge in [-0.1, -0.05) is 70.6 Å². The maximum absolute atomic E-state index is 10.3. The van der Waals surface area contributed by atoms with Crippen molar-refractivity contribution < 1.29 is 17.2 Å². The lowest BCUT2D eigenvalue weighted by Crippen LogP contribution is -2.12. The van der Waals surface area contributed by atoms with Crippen molar-refractivity contribution in [1.29, 1.82) is 0 Å². The molecule has 0 heterocycles. The Morgan fingerprint density at radius 1 is 0.708 bits per heavy atom. The van der Waals surface area contributed by atoms with Crippen LogP contribution in [0, 0.1) is 0 Å². The first kappa shape index (κ1) is 26.4. The van der Waals surface area contributed by atoms with Crippen molar-refractivity contribution in [2.24, 2.45) is 0 Å². The lowest BCUT2D eigenvalue weighted by atomic mass is 10.0. The first-order valence-electron chi connectivity index (χ1n) is 9.18. The fourth-order valence-corrected chi connectivity index (χ4v) is 2.97. The summed E-state index contributed by atoms with van der Waals surface area (Å²) in [6.07, 6.45) is 16.0. The van der Waals surface area contributed by atoms with Crippen LogP contribution in [-0.2, 0) is 14.6 Å². The summed E-state index contributed by atoms with van der Waals surface area (Å²) in [5, 5.41) is 0. The third-order valence-corrected chi connectivity index (χ3v) is 4.45. The summed E-state index contributed by atoms with van der Waals surface area (Å²) in [6, 6.07) is 0. The van der Waals surface area contributed by atoms with E-state index in [1.165, 1.54) is 70.8 Å². The molecule has 5 nitrogen and oxygen atoms in total. The highest BCUT2D eigenvalue weighted by Gasteiger charge is 2.02. The molecule has 0 atom stereocenters. The summed E-state index contributed by atoms with van der Waals surface area (Å²) >= 11 is 0. The molecular formula is C17H38ClNO4S. The minimum absolute atomic E-state index is 0. The predicted molar refractivity (Wildman–Crippen MR) is 103 cm³/mol. The fraction of sp³-hybridized carbons (Fsp3) is 1.00. The average molecular weight is 388 g/mol. The third-order valence-electron chi connectivity index (χ3n) is 3.98. The van der Waals surface area contributed by atoms with Crippen LogP contribution in [0.2, 0.25) is 0 Å². The van der Waals surface area contributed by atoms with Gasteiger partial charge >= 0.3 is 10.4 Å². The molecule has 0 rings (SSSR count). The minimum Gasteiger partial charge on any atom is -0.309 e. The Balaban J connectivity index is 0. The Morgan fingerprint density at radius 3 is 1.38 bits per heavy atom. The van der Waals surface area contributed by atoms with Gasteiger partial charge in [-0.05, 0) is 33.5 Å². The second-order valence-corrected chi connectivity index (χ2v) is 7.74. The summed E-state index contributed by atoms with van der Waals surface area (Å²) < 4.78 is 33.3. The Kier molecular flexibility index (Phi) is 19.7. The summed E-state index contributed by atoms with van der Waals surface area (Å²) in [6.45, 7) is 1.30. The molecule has 0 amide bonds. The zero-order chi connectivity index (χ0) is 17.4. The number of unbranched alkanes of at least 4 members (excludes halogenated alkanes) is 12. The zero-order valence-electron chi connectivity index (χ0n) is 15.5. The lowest BCUT2D eigenvalue weighted by molar-refractivity contribution is 0.261. The molecular weight excluding hydrogens is 350 g/mol. The van der Waals surface area contributed by atoms with E-state index in [1.54, 1.807) is 0 Å². The second kappa shape index (κ2) is 17.9. The van der Waals surface area contributed by atoms with Crippen molar-refractivity contribution in [2.45, 2.75) is 83.5 Å². The van der Waals surface area contributed by atoms with Gasteiger partial charge in [-0.25, -0.2) is 4.18 Å². The number of hydrogen-bond acceptors (Lipinski definition) is 4. The standard InChI is InChI=1S/C17H37NO4S.ClH/c1-18(2)16-14-12-10-8-6-4-3-5-7-9-11-13-15-17-22-23(19,20)21;/h3-17H2,1-2H3,(H,19,20,21);1H.